The zero-order chi connectivity index (χ0) is 30.0. The lowest BCUT2D eigenvalue weighted by atomic mass is 9.93. The second-order valence-corrected chi connectivity index (χ2v) is 10.5. The number of benzene rings is 2. The van der Waals surface area contributed by atoms with E-state index in [0.29, 0.717) is 45.9 Å². The first-order valence-electron chi connectivity index (χ1n) is 13.8. The summed E-state index contributed by atoms with van der Waals surface area (Å²) < 4.78 is 17.8. The molecule has 3 aromatic rings. The van der Waals surface area contributed by atoms with Gasteiger partial charge in [-0.15, -0.1) is 0 Å². The number of esters is 2. The average molecular weight is 590 g/mol. The number of aromatic nitrogens is 1. The van der Waals surface area contributed by atoms with Crippen molar-refractivity contribution in [2.24, 2.45) is 4.99 Å². The summed E-state index contributed by atoms with van der Waals surface area (Å²) >= 11 is 1.08. The van der Waals surface area contributed by atoms with Crippen molar-refractivity contribution in [3.8, 4) is 5.75 Å². The second kappa shape index (κ2) is 12.2. The van der Waals surface area contributed by atoms with Crippen molar-refractivity contribution in [1.29, 1.82) is 0 Å². The Labute approximate surface area is 246 Å². The number of amides is 1. The van der Waals surface area contributed by atoms with Crippen LogP contribution in [0.1, 0.15) is 50.8 Å². The molecule has 0 fully saturated rings. The largest absolute Gasteiger partial charge is 0.496 e. The molecule has 2 aliphatic heterocycles. The van der Waals surface area contributed by atoms with Crippen LogP contribution in [-0.2, 0) is 23.9 Å². The van der Waals surface area contributed by atoms with E-state index in [0.717, 1.165) is 11.3 Å². The van der Waals surface area contributed by atoms with Crippen LogP contribution in [0.2, 0.25) is 0 Å². The zero-order valence-corrected chi connectivity index (χ0v) is 24.7. The highest BCUT2D eigenvalue weighted by atomic mass is 32.1. The lowest BCUT2D eigenvalue weighted by molar-refractivity contribution is -0.142. The van der Waals surface area contributed by atoms with Crippen molar-refractivity contribution in [1.82, 2.24) is 4.57 Å². The van der Waals surface area contributed by atoms with Gasteiger partial charge in [0.2, 0.25) is 0 Å². The van der Waals surface area contributed by atoms with Gasteiger partial charge < -0.3 is 14.2 Å². The molecular formula is C31H31N3O7S. The summed E-state index contributed by atoms with van der Waals surface area (Å²) in [6.45, 7) is 5.43. The van der Waals surface area contributed by atoms with Crippen LogP contribution in [0.15, 0.2) is 69.6 Å². The molecule has 1 atom stereocenters. The molecule has 1 aromatic heterocycles. The normalized spacial score (nSPS) is 17.0. The quantitative estimate of drug-likeness (QED) is 0.353. The smallest absolute Gasteiger partial charge is 0.338 e. The lowest BCUT2D eigenvalue weighted by Crippen LogP contribution is -2.41. The number of carbonyl (C=O) groups excluding carboxylic acids is 3. The summed E-state index contributed by atoms with van der Waals surface area (Å²) in [6, 6.07) is 13.3. The van der Waals surface area contributed by atoms with Crippen molar-refractivity contribution in [2.75, 3.05) is 31.8 Å². The van der Waals surface area contributed by atoms with Gasteiger partial charge in [-0.2, -0.15) is 0 Å². The molecule has 11 heteroatoms. The Morgan fingerprint density at radius 1 is 0.976 bits per heavy atom. The Bertz CT molecular complexity index is 1790. The lowest BCUT2D eigenvalue weighted by Gasteiger charge is -2.26. The summed E-state index contributed by atoms with van der Waals surface area (Å²) in [5, 5.41) is 0. The van der Waals surface area contributed by atoms with Gasteiger partial charge in [-0.25, -0.2) is 9.79 Å². The van der Waals surface area contributed by atoms with Gasteiger partial charge >= 0.3 is 11.9 Å². The molecule has 2 aliphatic rings. The Morgan fingerprint density at radius 2 is 1.69 bits per heavy atom. The van der Waals surface area contributed by atoms with E-state index in [2.05, 4.69) is 0 Å². The van der Waals surface area contributed by atoms with Gasteiger partial charge in [0.1, 0.15) is 22.9 Å². The van der Waals surface area contributed by atoms with Gasteiger partial charge in [0.25, 0.3) is 11.5 Å². The molecule has 10 nitrogen and oxygen atoms in total. The van der Waals surface area contributed by atoms with E-state index in [1.165, 1.54) is 16.6 Å². The van der Waals surface area contributed by atoms with Crippen molar-refractivity contribution in [3.05, 3.63) is 90.6 Å². The van der Waals surface area contributed by atoms with E-state index >= 15 is 0 Å². The topological polar surface area (TPSA) is 117 Å². The first-order chi connectivity index (χ1) is 20.4. The van der Waals surface area contributed by atoms with Crippen LogP contribution in [0, 0.1) is 0 Å². The van der Waals surface area contributed by atoms with Crippen molar-refractivity contribution >= 4 is 40.4 Å². The van der Waals surface area contributed by atoms with Crippen LogP contribution < -0.4 is 24.5 Å². The molecule has 1 amide bonds. The van der Waals surface area contributed by atoms with Gasteiger partial charge in [-0.1, -0.05) is 61.1 Å². The predicted octanol–water partition coefficient (Wildman–Crippen LogP) is 2.87. The van der Waals surface area contributed by atoms with E-state index in [1.54, 1.807) is 56.3 Å². The van der Waals surface area contributed by atoms with E-state index in [9.17, 15) is 19.2 Å². The highest BCUT2D eigenvalue weighted by molar-refractivity contribution is 7.07. The maximum absolute atomic E-state index is 14.4. The van der Waals surface area contributed by atoms with Crippen LogP contribution in [0.25, 0.3) is 5.57 Å². The number of ether oxygens (including phenoxy) is 3. The summed E-state index contributed by atoms with van der Waals surface area (Å²) in [5.74, 6) is -1.12. The van der Waals surface area contributed by atoms with E-state index in [-0.39, 0.29) is 35.4 Å². The minimum Gasteiger partial charge on any atom is -0.496 e. The molecule has 0 unspecified atom stereocenters. The highest BCUT2D eigenvalue weighted by Gasteiger charge is 2.39. The SMILES string of the molecule is CCCC1=C(C(=O)OCC)[C@@H](c2ccccc2OC)n2c(s/c(=C3/C(=O)N(CC(=O)OCC)c4ccccc43)c2=O)=N1. The monoisotopic (exact) mass is 589 g/mol. The Morgan fingerprint density at radius 3 is 2.40 bits per heavy atom. The van der Waals surface area contributed by atoms with Crippen LogP contribution >= 0.6 is 11.3 Å². The molecule has 0 aliphatic carbocycles. The average Bonchev–Trinajstić information content (AvgIpc) is 3.45. The number of fused-ring (bicyclic) bond motifs is 2. The fourth-order valence-electron chi connectivity index (χ4n) is 5.35. The second-order valence-electron chi connectivity index (χ2n) is 9.56. The third-order valence-electron chi connectivity index (χ3n) is 7.04. The molecule has 0 N–H and O–H groups in total. The molecule has 3 heterocycles. The number of hydrogen-bond acceptors (Lipinski definition) is 9. The number of methoxy groups -OCH3 is 1. The molecular weight excluding hydrogens is 558 g/mol. The van der Waals surface area contributed by atoms with Gasteiger partial charge in [-0.05, 0) is 32.4 Å². The fraction of sp³-hybridized carbons (Fsp3) is 0.323. The van der Waals surface area contributed by atoms with Crippen molar-refractivity contribution < 1.29 is 28.6 Å². The summed E-state index contributed by atoms with van der Waals surface area (Å²) in [5.41, 5.74) is 2.10. The fourth-order valence-corrected chi connectivity index (χ4v) is 6.46. The molecule has 0 radical (unpaired) electrons. The molecule has 0 saturated heterocycles. The molecule has 0 bridgehead atoms. The summed E-state index contributed by atoms with van der Waals surface area (Å²) in [6.07, 6.45) is 1.18. The number of carbonyl (C=O) groups is 3. The number of rotatable bonds is 9. The highest BCUT2D eigenvalue weighted by Crippen LogP contribution is 2.38. The maximum atomic E-state index is 14.4. The standard InChI is InChI=1S/C31H31N3O7S/c1-5-12-20-25(30(38)41-7-3)26(19-14-9-11-16-22(19)39-4)34-29(37)27(42-31(34)32-20)24-18-13-8-10-15-21(18)33(28(24)36)17-23(35)40-6-2/h8-11,13-16,26H,5-7,12,17H2,1-4H3/b27-24+/t26-/m1/s1. The Kier molecular flexibility index (Phi) is 8.39. The number of para-hydroxylation sites is 2. The van der Waals surface area contributed by atoms with Crippen LogP contribution in [0.4, 0.5) is 5.69 Å². The number of allylic oxidation sites excluding steroid dienone is 1. The van der Waals surface area contributed by atoms with Gasteiger partial charge in [0, 0.05) is 11.1 Å². The van der Waals surface area contributed by atoms with Crippen molar-refractivity contribution in [2.45, 2.75) is 39.7 Å². The summed E-state index contributed by atoms with van der Waals surface area (Å²) in [7, 11) is 1.53. The minimum atomic E-state index is -0.894. The van der Waals surface area contributed by atoms with Gasteiger partial charge in [0.05, 0.1) is 42.9 Å². The molecule has 218 valence electrons. The minimum absolute atomic E-state index is 0.149. The number of hydrogen-bond donors (Lipinski definition) is 0. The third kappa shape index (κ3) is 4.94. The first kappa shape index (κ1) is 29.0. The molecule has 42 heavy (non-hydrogen) atoms. The van der Waals surface area contributed by atoms with E-state index in [1.807, 2.05) is 13.0 Å². The maximum Gasteiger partial charge on any atom is 0.338 e. The van der Waals surface area contributed by atoms with Crippen molar-refractivity contribution in [3.63, 3.8) is 0 Å². The number of anilines is 1. The molecule has 0 spiro atoms. The van der Waals surface area contributed by atoms with Gasteiger partial charge in [0.15, 0.2) is 4.80 Å². The van der Waals surface area contributed by atoms with Crippen LogP contribution in [0.5, 0.6) is 5.75 Å². The van der Waals surface area contributed by atoms with Crippen LogP contribution in [-0.4, -0.2) is 49.3 Å². The molecule has 2 aromatic carbocycles. The Hall–Kier alpha value is -4.51. The molecule has 0 saturated carbocycles. The third-order valence-corrected chi connectivity index (χ3v) is 8.10. The Balaban J connectivity index is 1.81. The zero-order valence-electron chi connectivity index (χ0n) is 23.8. The van der Waals surface area contributed by atoms with Crippen LogP contribution in [0.3, 0.4) is 0 Å². The number of thiazole rings is 1. The van der Waals surface area contributed by atoms with E-state index < -0.39 is 29.4 Å². The van der Waals surface area contributed by atoms with Gasteiger partial charge in [-0.3, -0.25) is 23.9 Å². The first-order valence-corrected chi connectivity index (χ1v) is 14.6. The summed E-state index contributed by atoms with van der Waals surface area (Å²) in [4.78, 5) is 60.5. The van der Waals surface area contributed by atoms with E-state index in [4.69, 9.17) is 19.2 Å². The number of nitrogens with zero attached hydrogens (tertiary/aromatic N) is 3. The predicted molar refractivity (Wildman–Crippen MR) is 157 cm³/mol. The molecule has 5 rings (SSSR count).